The SMILES string of the molecule is CC/C=C\C/C=C\C/C=C\C/C=C\C/C=C\C/C=C\CCC(=O)OCC(COP(=O)(O)OCC(O)COP(=O)(O)OCC(COC(=O)CCCCCC/C=C\C/C=C\C/C=C\C/C=C\CC)OC(=O)CCCCCCCCCCCCCCC)OC(=O)CCCCCCCC/C=C\C/C=C\C/C=C\C/C=C\CC. The monoisotopic (exact) mass is 1550 g/mol. The number of ether oxygens (including phenoxy) is 4. The number of rotatable bonds is 76. The minimum Gasteiger partial charge on any atom is -0.462 e. The van der Waals surface area contributed by atoms with Gasteiger partial charge in [0.05, 0.1) is 26.4 Å². The molecular formula is C89H146O17P2. The van der Waals surface area contributed by atoms with Gasteiger partial charge in [0.25, 0.3) is 0 Å². The summed E-state index contributed by atoms with van der Waals surface area (Å²) in [6, 6.07) is 0. The molecule has 0 aliphatic rings. The molecule has 0 saturated carbocycles. The highest BCUT2D eigenvalue weighted by Crippen LogP contribution is 2.45. The van der Waals surface area contributed by atoms with Gasteiger partial charge in [0.15, 0.2) is 12.2 Å². The Hall–Kier alpha value is -5.58. The van der Waals surface area contributed by atoms with Crippen molar-refractivity contribution in [1.29, 1.82) is 0 Å². The van der Waals surface area contributed by atoms with Crippen LogP contribution < -0.4 is 0 Å². The predicted octanol–water partition coefficient (Wildman–Crippen LogP) is 24.6. The largest absolute Gasteiger partial charge is 0.472 e. The van der Waals surface area contributed by atoms with Crippen molar-refractivity contribution < 1.29 is 80.2 Å². The first-order valence-corrected chi connectivity index (χ1v) is 44.4. The molecule has 108 heavy (non-hydrogen) atoms. The third-order valence-electron chi connectivity index (χ3n) is 16.7. The van der Waals surface area contributed by atoms with Crippen LogP contribution in [0.4, 0.5) is 0 Å². The van der Waals surface area contributed by atoms with Gasteiger partial charge in [-0.1, -0.05) is 313 Å². The smallest absolute Gasteiger partial charge is 0.462 e. The molecule has 0 aromatic carbocycles. The standard InChI is InChI=1S/C89H146O17P2/c1-5-9-13-17-21-25-29-33-36-39-41-44-47-51-54-58-62-66-70-74-87(92)100-80-85(106-89(94)76-72-68-64-60-56-52-48-45-42-40-37-34-30-26-22-18-14-10-6-2)82-104-108(97,98)102-78-83(90)77-101-107(95,96)103-81-84(105-88(93)75-71-67-63-59-55-49-32-28-24-20-16-12-8-4)79-99-86(91)73-69-65-61-57-53-50-46-43-38-35-31-27-23-19-15-11-7-3/h9-11,13-15,21-23,25-27,33-38,41-42,44-46,50-51,54,62,66,83-85,90H,5-8,12,16-20,24,28-32,39-40,43,47-49,52-53,55-61,63-65,67-82H2,1-4H3,(H,95,96)(H,97,98)/b13-9-,14-10-,15-11-,25-21-,26-22-,27-23-,36-33-,37-34-,38-35-,44-41-,45-42-,50-46-,54-51-,66-62-. The zero-order valence-electron chi connectivity index (χ0n) is 67.2. The minimum atomic E-state index is -5.01. The molecular weight excluding hydrogens is 1400 g/mol. The molecule has 3 N–H and O–H groups in total. The lowest BCUT2D eigenvalue weighted by molar-refractivity contribution is -0.161. The molecule has 0 aliphatic heterocycles. The number of allylic oxidation sites excluding steroid dienone is 28. The van der Waals surface area contributed by atoms with Crippen LogP contribution in [0, 0.1) is 0 Å². The summed E-state index contributed by atoms with van der Waals surface area (Å²) in [5.74, 6) is -2.32. The van der Waals surface area contributed by atoms with Gasteiger partial charge in [-0.25, -0.2) is 9.13 Å². The molecule has 0 fully saturated rings. The number of phosphoric ester groups is 2. The van der Waals surface area contributed by atoms with E-state index in [-0.39, 0.29) is 25.7 Å². The molecule has 0 radical (unpaired) electrons. The van der Waals surface area contributed by atoms with Gasteiger partial charge in [-0.2, -0.15) is 0 Å². The topological polar surface area (TPSA) is 237 Å². The first-order valence-electron chi connectivity index (χ1n) is 41.4. The van der Waals surface area contributed by atoms with E-state index in [0.717, 1.165) is 173 Å². The Kier molecular flexibility index (Phi) is 75.4. The van der Waals surface area contributed by atoms with E-state index in [1.807, 2.05) is 18.2 Å². The highest BCUT2D eigenvalue weighted by Gasteiger charge is 2.30. The summed E-state index contributed by atoms with van der Waals surface area (Å²) in [5.41, 5.74) is 0. The number of esters is 4. The van der Waals surface area contributed by atoms with Crippen molar-refractivity contribution in [2.24, 2.45) is 0 Å². The first-order chi connectivity index (χ1) is 52.7. The zero-order valence-corrected chi connectivity index (χ0v) is 69.0. The third kappa shape index (κ3) is 78.5. The summed E-state index contributed by atoms with van der Waals surface area (Å²) >= 11 is 0. The predicted molar refractivity (Wildman–Crippen MR) is 445 cm³/mol. The van der Waals surface area contributed by atoms with Crippen molar-refractivity contribution in [2.45, 2.75) is 329 Å². The molecule has 0 bridgehead atoms. The van der Waals surface area contributed by atoms with Crippen LogP contribution in [0.5, 0.6) is 0 Å². The fourth-order valence-corrected chi connectivity index (χ4v) is 12.1. The van der Waals surface area contributed by atoms with Gasteiger partial charge in [-0.15, -0.1) is 0 Å². The Bertz CT molecular complexity index is 2710. The summed E-state index contributed by atoms with van der Waals surface area (Å²) in [4.78, 5) is 73.1. The molecule has 0 spiro atoms. The third-order valence-corrected chi connectivity index (χ3v) is 18.6. The average molecular weight is 1550 g/mol. The van der Waals surface area contributed by atoms with Gasteiger partial charge in [-0.3, -0.25) is 37.3 Å². The second kappa shape index (κ2) is 79.5. The van der Waals surface area contributed by atoms with Crippen LogP contribution in [0.15, 0.2) is 170 Å². The molecule has 0 rings (SSSR count). The summed E-state index contributed by atoms with van der Waals surface area (Å²) in [7, 11) is -10.0. The maximum Gasteiger partial charge on any atom is 0.472 e. The Balaban J connectivity index is 5.47. The van der Waals surface area contributed by atoms with Crippen LogP contribution in [-0.2, 0) is 65.4 Å². The van der Waals surface area contributed by atoms with E-state index in [0.29, 0.717) is 32.1 Å². The molecule has 0 saturated heterocycles. The summed E-state index contributed by atoms with van der Waals surface area (Å²) in [5, 5.41) is 10.7. The Morgan fingerprint density at radius 1 is 0.269 bits per heavy atom. The van der Waals surface area contributed by atoms with Crippen molar-refractivity contribution in [3.05, 3.63) is 170 Å². The van der Waals surface area contributed by atoms with E-state index in [2.05, 4.69) is 180 Å². The molecule has 5 unspecified atom stereocenters. The fourth-order valence-electron chi connectivity index (χ4n) is 10.5. The Morgan fingerprint density at radius 3 is 0.796 bits per heavy atom. The first kappa shape index (κ1) is 102. The van der Waals surface area contributed by atoms with Gasteiger partial charge in [0.1, 0.15) is 19.3 Å². The number of aliphatic hydroxyl groups excluding tert-OH is 1. The van der Waals surface area contributed by atoms with Crippen LogP contribution in [0.25, 0.3) is 0 Å². The molecule has 0 aliphatic carbocycles. The summed E-state index contributed by atoms with van der Waals surface area (Å²) < 4.78 is 68.6. The van der Waals surface area contributed by atoms with Crippen LogP contribution in [0.1, 0.15) is 310 Å². The Labute approximate surface area is 654 Å². The number of carbonyl (C=O) groups excluding carboxylic acids is 4. The second-order valence-corrected chi connectivity index (χ2v) is 29.8. The van der Waals surface area contributed by atoms with Crippen molar-refractivity contribution in [1.82, 2.24) is 0 Å². The molecule has 614 valence electrons. The molecule has 0 amide bonds. The van der Waals surface area contributed by atoms with Crippen molar-refractivity contribution in [2.75, 3.05) is 39.6 Å². The zero-order chi connectivity index (χ0) is 78.9. The normalized spacial score (nSPS) is 14.7. The minimum absolute atomic E-state index is 0.0269. The molecule has 0 aromatic heterocycles. The summed E-state index contributed by atoms with van der Waals surface area (Å²) in [6.07, 6.45) is 94.8. The van der Waals surface area contributed by atoms with Gasteiger partial charge in [0.2, 0.25) is 0 Å². The highest BCUT2D eigenvalue weighted by atomic mass is 31.2. The van der Waals surface area contributed by atoms with Crippen LogP contribution in [0.2, 0.25) is 0 Å². The highest BCUT2D eigenvalue weighted by molar-refractivity contribution is 7.47. The van der Waals surface area contributed by atoms with E-state index >= 15 is 0 Å². The average Bonchev–Trinajstić information content (AvgIpc) is 0.892. The summed E-state index contributed by atoms with van der Waals surface area (Å²) in [6.45, 7) is 4.41. The number of hydrogen-bond donors (Lipinski definition) is 3. The maximum absolute atomic E-state index is 13.1. The van der Waals surface area contributed by atoms with Crippen molar-refractivity contribution in [3.63, 3.8) is 0 Å². The van der Waals surface area contributed by atoms with Gasteiger partial charge < -0.3 is 33.8 Å². The van der Waals surface area contributed by atoms with Crippen LogP contribution >= 0.6 is 15.6 Å². The van der Waals surface area contributed by atoms with E-state index < -0.39 is 97.5 Å². The number of unbranched alkanes of at least 4 members (excludes halogenated alkanes) is 22. The van der Waals surface area contributed by atoms with Gasteiger partial charge >= 0.3 is 39.5 Å². The molecule has 19 heteroatoms. The molecule has 0 aromatic rings. The number of aliphatic hydroxyl groups is 1. The number of carbonyl (C=O) groups is 4. The van der Waals surface area contributed by atoms with Crippen LogP contribution in [0.3, 0.4) is 0 Å². The van der Waals surface area contributed by atoms with Gasteiger partial charge in [0, 0.05) is 25.7 Å². The van der Waals surface area contributed by atoms with Crippen molar-refractivity contribution in [3.8, 4) is 0 Å². The van der Waals surface area contributed by atoms with E-state index in [9.17, 15) is 43.2 Å². The molecule has 0 heterocycles. The van der Waals surface area contributed by atoms with E-state index in [1.54, 1.807) is 0 Å². The molecule has 5 atom stereocenters. The van der Waals surface area contributed by atoms with E-state index in [4.69, 9.17) is 37.0 Å². The van der Waals surface area contributed by atoms with E-state index in [1.165, 1.54) is 51.4 Å². The van der Waals surface area contributed by atoms with Crippen LogP contribution in [-0.4, -0.2) is 96.7 Å². The number of phosphoric acid groups is 2. The lowest BCUT2D eigenvalue weighted by atomic mass is 10.0. The quantitative estimate of drug-likeness (QED) is 0.0169. The lowest BCUT2D eigenvalue weighted by Gasteiger charge is -2.21. The van der Waals surface area contributed by atoms with Crippen molar-refractivity contribution >= 4 is 39.5 Å². The molecule has 17 nitrogen and oxygen atoms in total. The Morgan fingerprint density at radius 2 is 0.500 bits per heavy atom. The fraction of sp³-hybridized carbons (Fsp3) is 0.640. The van der Waals surface area contributed by atoms with Gasteiger partial charge in [-0.05, 0) is 141 Å². The lowest BCUT2D eigenvalue weighted by Crippen LogP contribution is -2.30. The number of hydrogen-bond acceptors (Lipinski definition) is 15. The maximum atomic E-state index is 13.1. The second-order valence-electron chi connectivity index (χ2n) is 26.9.